The van der Waals surface area contributed by atoms with Gasteiger partial charge >= 0.3 is 7.82 Å². The highest BCUT2D eigenvalue weighted by atomic mass is 31.2. The number of hydrogen-bond acceptors (Lipinski definition) is 5. The molecule has 0 rings (SSSR count). The lowest BCUT2D eigenvalue weighted by atomic mass is 10.0. The Morgan fingerprint density at radius 2 is 0.792 bits per heavy atom. The van der Waals surface area contributed by atoms with Gasteiger partial charge < -0.3 is 19.8 Å². The second kappa shape index (κ2) is 57.8. The molecular formula is C68H122N2O6P+. The maximum Gasteiger partial charge on any atom is 0.472 e. The van der Waals surface area contributed by atoms with Crippen LogP contribution in [0.2, 0.25) is 0 Å². The summed E-state index contributed by atoms with van der Waals surface area (Å²) in [4.78, 5) is 23.4. The molecule has 3 N–H and O–H groups in total. The zero-order valence-corrected chi connectivity index (χ0v) is 51.6. The van der Waals surface area contributed by atoms with Gasteiger partial charge in [0.25, 0.3) is 0 Å². The van der Waals surface area contributed by atoms with Crippen molar-refractivity contribution in [2.24, 2.45) is 0 Å². The van der Waals surface area contributed by atoms with Crippen LogP contribution in [0.4, 0.5) is 0 Å². The molecule has 77 heavy (non-hydrogen) atoms. The number of rotatable bonds is 57. The van der Waals surface area contributed by atoms with E-state index in [1.807, 2.05) is 27.2 Å². The summed E-state index contributed by atoms with van der Waals surface area (Å²) in [5, 5.41) is 13.9. The Morgan fingerprint density at radius 3 is 1.19 bits per heavy atom. The second-order valence-corrected chi connectivity index (χ2v) is 23.8. The van der Waals surface area contributed by atoms with E-state index in [1.54, 1.807) is 6.08 Å². The molecule has 3 atom stereocenters. The highest BCUT2D eigenvalue weighted by Crippen LogP contribution is 2.43. The van der Waals surface area contributed by atoms with Gasteiger partial charge in [0.05, 0.1) is 39.9 Å². The van der Waals surface area contributed by atoms with Crippen LogP contribution in [0.1, 0.15) is 264 Å². The molecule has 0 aliphatic heterocycles. The van der Waals surface area contributed by atoms with Gasteiger partial charge in [0.1, 0.15) is 13.2 Å². The minimum atomic E-state index is -4.37. The molecule has 0 radical (unpaired) electrons. The Bertz CT molecular complexity index is 1620. The van der Waals surface area contributed by atoms with Gasteiger partial charge in [-0.2, -0.15) is 0 Å². The molecule has 0 saturated heterocycles. The molecular weight excluding hydrogens is 972 g/mol. The van der Waals surface area contributed by atoms with Crippen LogP contribution in [-0.4, -0.2) is 73.4 Å². The summed E-state index contributed by atoms with van der Waals surface area (Å²) < 4.78 is 23.7. The van der Waals surface area contributed by atoms with Gasteiger partial charge in [-0.15, -0.1) is 0 Å². The normalized spacial score (nSPS) is 14.5. The second-order valence-electron chi connectivity index (χ2n) is 22.4. The van der Waals surface area contributed by atoms with E-state index in [-0.39, 0.29) is 19.1 Å². The monoisotopic (exact) mass is 1090 g/mol. The molecule has 0 fully saturated rings. The number of unbranched alkanes of at least 4 members (excludes halogenated alkanes) is 28. The van der Waals surface area contributed by atoms with Crippen molar-refractivity contribution in [2.75, 3.05) is 40.9 Å². The number of hydrogen-bond donors (Lipinski definition) is 3. The number of aliphatic hydroxyl groups excluding tert-OH is 1. The van der Waals surface area contributed by atoms with Crippen molar-refractivity contribution in [3.05, 3.63) is 109 Å². The van der Waals surface area contributed by atoms with Crippen LogP contribution >= 0.6 is 7.82 Å². The number of quaternary nitrogens is 1. The van der Waals surface area contributed by atoms with E-state index in [0.29, 0.717) is 17.4 Å². The van der Waals surface area contributed by atoms with Crippen LogP contribution in [0.3, 0.4) is 0 Å². The number of nitrogens with zero attached hydrogens (tertiary/aromatic N) is 1. The molecule has 0 aliphatic rings. The van der Waals surface area contributed by atoms with Gasteiger partial charge in [0.2, 0.25) is 5.91 Å². The van der Waals surface area contributed by atoms with E-state index in [0.717, 1.165) is 96.3 Å². The number of amides is 1. The third-order valence-corrected chi connectivity index (χ3v) is 14.7. The topological polar surface area (TPSA) is 105 Å². The van der Waals surface area contributed by atoms with Crippen LogP contribution in [0.25, 0.3) is 0 Å². The highest BCUT2D eigenvalue weighted by Gasteiger charge is 2.27. The summed E-state index contributed by atoms with van der Waals surface area (Å²) in [6.07, 6.45) is 84.9. The number of carbonyl (C=O) groups excluding carboxylic acids is 1. The maximum atomic E-state index is 13.0. The summed E-state index contributed by atoms with van der Waals surface area (Å²) in [5.41, 5.74) is 0. The zero-order valence-electron chi connectivity index (χ0n) is 50.7. The summed E-state index contributed by atoms with van der Waals surface area (Å²) in [7, 11) is 1.54. The first-order valence-corrected chi connectivity index (χ1v) is 33.3. The predicted molar refractivity (Wildman–Crippen MR) is 336 cm³/mol. The lowest BCUT2D eigenvalue weighted by Gasteiger charge is -2.25. The van der Waals surface area contributed by atoms with Crippen molar-refractivity contribution in [3.8, 4) is 0 Å². The molecule has 0 saturated carbocycles. The van der Waals surface area contributed by atoms with Crippen molar-refractivity contribution >= 4 is 13.7 Å². The average Bonchev–Trinajstić information content (AvgIpc) is 3.39. The van der Waals surface area contributed by atoms with E-state index in [1.165, 1.54) is 148 Å². The number of likely N-dealkylation sites (N-methyl/N-ethyl adjacent to an activating group) is 1. The molecule has 0 aromatic heterocycles. The number of aliphatic hydroxyl groups is 1. The van der Waals surface area contributed by atoms with E-state index in [2.05, 4.69) is 116 Å². The van der Waals surface area contributed by atoms with Crippen molar-refractivity contribution < 1.29 is 32.9 Å². The van der Waals surface area contributed by atoms with Crippen molar-refractivity contribution in [3.63, 3.8) is 0 Å². The number of phosphoric acid groups is 1. The van der Waals surface area contributed by atoms with E-state index >= 15 is 0 Å². The molecule has 1 amide bonds. The molecule has 0 aliphatic carbocycles. The minimum absolute atomic E-state index is 0.0483. The minimum Gasteiger partial charge on any atom is -0.387 e. The molecule has 0 bridgehead atoms. The van der Waals surface area contributed by atoms with Gasteiger partial charge in [-0.3, -0.25) is 13.8 Å². The van der Waals surface area contributed by atoms with Gasteiger partial charge in [0, 0.05) is 6.42 Å². The fraction of sp³-hybridized carbons (Fsp3) is 0.721. The van der Waals surface area contributed by atoms with Crippen LogP contribution < -0.4 is 5.32 Å². The third kappa shape index (κ3) is 60.6. The average molecular weight is 1090 g/mol. The van der Waals surface area contributed by atoms with Gasteiger partial charge in [-0.1, -0.05) is 277 Å². The first-order chi connectivity index (χ1) is 37.5. The number of phosphoric ester groups is 1. The Kier molecular flexibility index (Phi) is 55.7. The predicted octanol–water partition coefficient (Wildman–Crippen LogP) is 19.9. The molecule has 8 nitrogen and oxygen atoms in total. The van der Waals surface area contributed by atoms with Crippen LogP contribution in [0, 0.1) is 0 Å². The quantitative estimate of drug-likeness (QED) is 0.0243. The van der Waals surface area contributed by atoms with Crippen molar-refractivity contribution in [1.82, 2.24) is 5.32 Å². The smallest absolute Gasteiger partial charge is 0.387 e. The Labute approximate surface area is 476 Å². The van der Waals surface area contributed by atoms with E-state index in [9.17, 15) is 19.4 Å². The van der Waals surface area contributed by atoms with Crippen molar-refractivity contribution in [2.45, 2.75) is 276 Å². The number of nitrogens with one attached hydrogen (secondary N) is 1. The molecule has 3 unspecified atom stereocenters. The van der Waals surface area contributed by atoms with E-state index in [4.69, 9.17) is 9.05 Å². The van der Waals surface area contributed by atoms with Gasteiger partial charge in [-0.25, -0.2) is 4.57 Å². The lowest BCUT2D eigenvalue weighted by Crippen LogP contribution is -2.45. The van der Waals surface area contributed by atoms with Crippen LogP contribution in [0.5, 0.6) is 0 Å². The summed E-state index contributed by atoms with van der Waals surface area (Å²) in [6, 6.07) is -0.879. The fourth-order valence-electron chi connectivity index (χ4n) is 8.80. The summed E-state index contributed by atoms with van der Waals surface area (Å²) >= 11 is 0. The van der Waals surface area contributed by atoms with Gasteiger partial charge in [-0.05, 0) is 89.9 Å². The Balaban J connectivity index is 4.26. The summed E-state index contributed by atoms with van der Waals surface area (Å²) in [5.74, 6) is -0.200. The standard InChI is InChI=1S/C68H121N2O6P/c1-6-8-10-12-14-16-18-20-22-24-26-28-30-32-34-35-36-38-40-42-44-46-48-50-52-54-56-58-60-62-68(72)69-66(65-76-77(73,74)75-64-63-70(3,4)5)67(71)61-59-57-55-53-51-49-47-45-43-41-39-37-33-31-29-27-25-23-21-19-17-15-13-11-9-7-2/h8,10,14,16,20,22,26,28,32,34,36,38,42,44,51,53,59,61,66-67,71H,6-7,9,11-13,15,17-19,21,23-25,27,29-31,33,35,37,39-41,43,45-50,52,54-58,60,62-65H2,1-5H3,(H-,69,72,73,74)/p+1/b10-8-,16-14-,22-20-,28-26-,34-32-,38-36-,44-42-,53-51+,61-59+. The SMILES string of the molecule is CC/C=C\C/C=C\C/C=C\C/C=C\C/C=C\C/C=C\C/C=C\CCCCCCCCCC(=O)NC(COP(=O)(O)OCC[N+](C)(C)C)C(O)/C=C/CC/C=C/CCCCCCCCCCCCCCCCCCCCCC. The molecule has 0 spiro atoms. The molecule has 0 aromatic rings. The van der Waals surface area contributed by atoms with Crippen LogP contribution in [-0.2, 0) is 18.4 Å². The molecule has 444 valence electrons. The Morgan fingerprint density at radius 1 is 0.455 bits per heavy atom. The molecule has 0 aromatic carbocycles. The maximum absolute atomic E-state index is 13.0. The van der Waals surface area contributed by atoms with Gasteiger partial charge in [0.15, 0.2) is 0 Å². The fourth-order valence-corrected chi connectivity index (χ4v) is 9.54. The third-order valence-electron chi connectivity index (χ3n) is 13.7. The van der Waals surface area contributed by atoms with Crippen LogP contribution in [0.15, 0.2) is 109 Å². The van der Waals surface area contributed by atoms with E-state index < -0.39 is 20.0 Å². The Hall–Kier alpha value is -2.84. The first-order valence-electron chi connectivity index (χ1n) is 31.8. The largest absolute Gasteiger partial charge is 0.472 e. The highest BCUT2D eigenvalue weighted by molar-refractivity contribution is 7.47. The lowest BCUT2D eigenvalue weighted by molar-refractivity contribution is -0.870. The zero-order chi connectivity index (χ0) is 56.3. The summed E-state index contributed by atoms with van der Waals surface area (Å²) in [6.45, 7) is 4.68. The van der Waals surface area contributed by atoms with Crippen molar-refractivity contribution in [1.29, 1.82) is 0 Å². The first kappa shape index (κ1) is 74.2. The molecule has 9 heteroatoms. The number of allylic oxidation sites excluding steroid dienone is 17. The number of carbonyl (C=O) groups is 1. The molecule has 0 heterocycles.